The van der Waals surface area contributed by atoms with Crippen LogP contribution in [0, 0.1) is 5.92 Å². The van der Waals surface area contributed by atoms with E-state index < -0.39 is 11.8 Å². The maximum Gasteiger partial charge on any atom is 0.413 e. The van der Waals surface area contributed by atoms with Crippen LogP contribution in [0.4, 0.5) is 4.79 Å². The zero-order valence-corrected chi connectivity index (χ0v) is 18.9. The number of benzene rings is 2. The van der Waals surface area contributed by atoms with Crippen LogP contribution in [-0.4, -0.2) is 36.0 Å². The number of ether oxygens (including phenoxy) is 3. The first kappa shape index (κ1) is 23.0. The minimum atomic E-state index is -0.576. The third-order valence-electron chi connectivity index (χ3n) is 4.92. The molecule has 5 nitrogen and oxygen atoms in total. The molecule has 166 valence electrons. The molecule has 0 saturated carbocycles. The molecule has 0 unspecified atom stereocenters. The lowest BCUT2D eigenvalue weighted by Crippen LogP contribution is -2.41. The highest BCUT2D eigenvalue weighted by Gasteiger charge is 2.39. The van der Waals surface area contributed by atoms with Crippen molar-refractivity contribution in [1.82, 2.24) is 4.90 Å². The molecule has 1 fully saturated rings. The van der Waals surface area contributed by atoms with Crippen molar-refractivity contribution in [2.75, 3.05) is 13.2 Å². The van der Waals surface area contributed by atoms with Crippen LogP contribution in [0.5, 0.6) is 0 Å². The van der Waals surface area contributed by atoms with E-state index in [4.69, 9.17) is 14.2 Å². The van der Waals surface area contributed by atoms with Crippen molar-refractivity contribution in [2.45, 2.75) is 52.2 Å². The van der Waals surface area contributed by atoms with Crippen molar-refractivity contribution < 1.29 is 19.0 Å². The number of hydrogen-bond acceptors (Lipinski definition) is 4. The van der Waals surface area contributed by atoms with Crippen molar-refractivity contribution in [3.8, 4) is 0 Å². The van der Waals surface area contributed by atoms with Gasteiger partial charge in [-0.15, -0.1) is 0 Å². The first-order valence-corrected chi connectivity index (χ1v) is 10.8. The molecule has 1 aliphatic rings. The molecular weight excluding hydrogens is 390 g/mol. The van der Waals surface area contributed by atoms with Gasteiger partial charge in [-0.3, -0.25) is 4.90 Å². The SMILES string of the molecule is C[C@H](/C=C/[C@H]1OC[C@@H](c2ccccc2)N1C(=O)OC(C)(C)C)COCc1ccccc1. The molecule has 0 aliphatic carbocycles. The summed E-state index contributed by atoms with van der Waals surface area (Å²) in [6, 6.07) is 19.9. The van der Waals surface area contributed by atoms with Crippen LogP contribution in [-0.2, 0) is 20.8 Å². The first-order valence-electron chi connectivity index (χ1n) is 10.8. The van der Waals surface area contributed by atoms with Crippen LogP contribution in [0.15, 0.2) is 72.8 Å². The van der Waals surface area contributed by atoms with E-state index in [0.29, 0.717) is 19.8 Å². The molecule has 0 N–H and O–H groups in total. The molecule has 2 aromatic carbocycles. The van der Waals surface area contributed by atoms with Gasteiger partial charge in [0.25, 0.3) is 0 Å². The highest BCUT2D eigenvalue weighted by atomic mass is 16.6. The van der Waals surface area contributed by atoms with Crippen molar-refractivity contribution >= 4 is 6.09 Å². The average Bonchev–Trinajstić information content (AvgIpc) is 3.17. The molecule has 1 amide bonds. The van der Waals surface area contributed by atoms with E-state index in [0.717, 1.165) is 11.1 Å². The summed E-state index contributed by atoms with van der Waals surface area (Å²) >= 11 is 0. The van der Waals surface area contributed by atoms with E-state index >= 15 is 0 Å². The summed E-state index contributed by atoms with van der Waals surface area (Å²) in [5.74, 6) is 0.184. The van der Waals surface area contributed by atoms with Crippen molar-refractivity contribution in [3.63, 3.8) is 0 Å². The first-order chi connectivity index (χ1) is 14.8. The van der Waals surface area contributed by atoms with Crippen molar-refractivity contribution in [1.29, 1.82) is 0 Å². The molecule has 3 atom stereocenters. The van der Waals surface area contributed by atoms with Gasteiger partial charge >= 0.3 is 6.09 Å². The average molecular weight is 424 g/mol. The fourth-order valence-electron chi connectivity index (χ4n) is 3.43. The number of carbonyl (C=O) groups excluding carboxylic acids is 1. The standard InChI is InChI=1S/C26H33NO4/c1-20(17-29-18-21-11-7-5-8-12-21)15-16-24-27(25(28)31-26(2,3)4)23(19-30-24)22-13-9-6-10-14-22/h5-16,20,23-24H,17-19H2,1-4H3/b16-15+/t20-,23+,24-/m1/s1. The highest BCUT2D eigenvalue weighted by Crippen LogP contribution is 2.32. The van der Waals surface area contributed by atoms with Crippen LogP contribution >= 0.6 is 0 Å². The third-order valence-corrected chi connectivity index (χ3v) is 4.92. The second-order valence-electron chi connectivity index (χ2n) is 8.90. The maximum absolute atomic E-state index is 13.0. The minimum absolute atomic E-state index is 0.184. The van der Waals surface area contributed by atoms with Crippen LogP contribution in [0.25, 0.3) is 0 Å². The molecule has 31 heavy (non-hydrogen) atoms. The van der Waals surface area contributed by atoms with E-state index in [1.165, 1.54) is 0 Å². The van der Waals surface area contributed by atoms with Gasteiger partial charge < -0.3 is 14.2 Å². The third kappa shape index (κ3) is 6.94. The molecule has 3 rings (SSSR count). The van der Waals surface area contributed by atoms with E-state index in [9.17, 15) is 4.79 Å². The van der Waals surface area contributed by atoms with Gasteiger partial charge in [0.15, 0.2) is 6.23 Å². The fraction of sp³-hybridized carbons (Fsp3) is 0.423. The quantitative estimate of drug-likeness (QED) is 0.534. The number of hydrogen-bond donors (Lipinski definition) is 0. The highest BCUT2D eigenvalue weighted by molar-refractivity contribution is 5.70. The summed E-state index contributed by atoms with van der Waals surface area (Å²) in [4.78, 5) is 14.7. The van der Waals surface area contributed by atoms with Crippen molar-refractivity contribution in [2.24, 2.45) is 5.92 Å². The van der Waals surface area contributed by atoms with Gasteiger partial charge in [0.2, 0.25) is 0 Å². The molecule has 0 spiro atoms. The molecule has 2 aromatic rings. The van der Waals surface area contributed by atoms with Crippen LogP contribution in [0.2, 0.25) is 0 Å². The molecule has 0 bridgehead atoms. The second-order valence-corrected chi connectivity index (χ2v) is 8.90. The summed E-state index contributed by atoms with van der Waals surface area (Å²) in [5.41, 5.74) is 1.61. The summed E-state index contributed by atoms with van der Waals surface area (Å²) in [6.07, 6.45) is 3.13. The van der Waals surface area contributed by atoms with Gasteiger partial charge in [-0.05, 0) is 43.9 Å². The summed E-state index contributed by atoms with van der Waals surface area (Å²) < 4.78 is 17.5. The van der Waals surface area contributed by atoms with E-state index in [2.05, 4.69) is 19.1 Å². The van der Waals surface area contributed by atoms with Gasteiger partial charge in [-0.1, -0.05) is 73.7 Å². The lowest BCUT2D eigenvalue weighted by atomic mass is 10.1. The second kappa shape index (κ2) is 10.6. The normalized spacial score (nSPS) is 20.2. The lowest BCUT2D eigenvalue weighted by molar-refractivity contribution is 0.000749. The number of carbonyl (C=O) groups is 1. The summed E-state index contributed by atoms with van der Waals surface area (Å²) in [7, 11) is 0. The Morgan fingerprint density at radius 3 is 2.42 bits per heavy atom. The molecule has 1 aliphatic heterocycles. The number of amides is 1. The van der Waals surface area contributed by atoms with Gasteiger partial charge in [0.1, 0.15) is 5.60 Å². The number of nitrogens with zero attached hydrogens (tertiary/aromatic N) is 1. The minimum Gasteiger partial charge on any atom is -0.444 e. The monoisotopic (exact) mass is 423 g/mol. The predicted molar refractivity (Wildman–Crippen MR) is 121 cm³/mol. The van der Waals surface area contributed by atoms with Gasteiger partial charge in [0, 0.05) is 0 Å². The summed E-state index contributed by atoms with van der Waals surface area (Å²) in [6.45, 7) is 9.30. The van der Waals surface area contributed by atoms with Crippen LogP contribution in [0.1, 0.15) is 44.9 Å². The Bertz CT molecular complexity index is 845. The molecule has 5 heteroatoms. The maximum atomic E-state index is 13.0. The Morgan fingerprint density at radius 2 is 1.77 bits per heavy atom. The van der Waals surface area contributed by atoms with E-state index in [1.807, 2.05) is 81.5 Å². The van der Waals surface area contributed by atoms with Crippen LogP contribution < -0.4 is 0 Å². The van der Waals surface area contributed by atoms with Crippen molar-refractivity contribution in [3.05, 3.63) is 83.9 Å². The Kier molecular flexibility index (Phi) is 7.88. The Balaban J connectivity index is 1.64. The van der Waals surface area contributed by atoms with Gasteiger partial charge in [-0.2, -0.15) is 0 Å². The Hall–Kier alpha value is -2.63. The molecular formula is C26H33NO4. The van der Waals surface area contributed by atoms with Gasteiger partial charge in [0.05, 0.1) is 25.9 Å². The fourth-order valence-corrected chi connectivity index (χ4v) is 3.43. The van der Waals surface area contributed by atoms with Crippen LogP contribution in [0.3, 0.4) is 0 Å². The lowest BCUT2D eigenvalue weighted by Gasteiger charge is -2.30. The molecule has 1 heterocycles. The van der Waals surface area contributed by atoms with E-state index in [1.54, 1.807) is 4.90 Å². The van der Waals surface area contributed by atoms with E-state index in [-0.39, 0.29) is 18.1 Å². The molecule has 0 radical (unpaired) electrons. The Labute approximate surface area is 185 Å². The zero-order valence-electron chi connectivity index (χ0n) is 18.9. The Morgan fingerprint density at radius 1 is 1.13 bits per heavy atom. The zero-order chi connectivity index (χ0) is 22.3. The topological polar surface area (TPSA) is 48.0 Å². The molecule has 1 saturated heterocycles. The predicted octanol–water partition coefficient (Wildman–Crippen LogP) is 5.73. The van der Waals surface area contributed by atoms with Gasteiger partial charge in [-0.25, -0.2) is 4.79 Å². The number of rotatable bonds is 7. The molecule has 0 aromatic heterocycles. The summed E-state index contributed by atoms with van der Waals surface area (Å²) in [5, 5.41) is 0. The largest absolute Gasteiger partial charge is 0.444 e. The smallest absolute Gasteiger partial charge is 0.413 e.